The molecule has 0 N–H and O–H groups in total. The molecule has 0 aliphatic rings. The zero-order valence-corrected chi connectivity index (χ0v) is 10.0. The number of rotatable bonds is 2. The summed E-state index contributed by atoms with van der Waals surface area (Å²) in [4.78, 5) is 0.00705. The fraction of sp³-hybridized carbons (Fsp3) is 0.125. The van der Waals surface area contributed by atoms with Gasteiger partial charge in [0.2, 0.25) is 0 Å². The van der Waals surface area contributed by atoms with Crippen molar-refractivity contribution in [3.8, 4) is 6.07 Å². The minimum Gasteiger partial charge on any atom is -0.207 e. The predicted molar refractivity (Wildman–Crippen MR) is 56.8 cm³/mol. The molecule has 1 rings (SSSR count). The lowest BCUT2D eigenvalue weighted by atomic mass is 10.1. The zero-order chi connectivity index (χ0) is 10.8. The first-order valence-electron chi connectivity index (χ1n) is 3.52. The molecule has 0 bridgehead atoms. The maximum atomic E-state index is 11.0. The third kappa shape index (κ3) is 2.47. The highest BCUT2D eigenvalue weighted by Gasteiger charge is 2.12. The molecule has 0 saturated carbocycles. The van der Waals surface area contributed by atoms with E-state index in [1.807, 2.05) is 6.07 Å². The van der Waals surface area contributed by atoms with Crippen molar-refractivity contribution in [1.29, 1.82) is 5.26 Å². The Morgan fingerprint density at radius 1 is 1.50 bits per heavy atom. The molecule has 6 heteroatoms. The zero-order valence-electron chi connectivity index (χ0n) is 6.87. The van der Waals surface area contributed by atoms with Gasteiger partial charge < -0.3 is 0 Å². The summed E-state index contributed by atoms with van der Waals surface area (Å²) in [5, 5.41) is 9.10. The van der Waals surface area contributed by atoms with E-state index in [9.17, 15) is 8.42 Å². The van der Waals surface area contributed by atoms with Crippen molar-refractivity contribution >= 4 is 35.7 Å². The van der Waals surface area contributed by atoms with Crippen molar-refractivity contribution in [2.75, 3.05) is 0 Å². The van der Waals surface area contributed by atoms with Gasteiger partial charge in [-0.3, -0.25) is 0 Å². The van der Waals surface area contributed by atoms with Crippen LogP contribution in [0, 0.1) is 11.3 Å². The standard InChI is InChI=1S/C8H5BrClNO2S/c9-4-7-3-8(14(10,12)13)2-1-6(7)5-11/h1-3H,4H2. The van der Waals surface area contributed by atoms with Crippen LogP contribution < -0.4 is 0 Å². The van der Waals surface area contributed by atoms with E-state index in [4.69, 9.17) is 15.9 Å². The first-order chi connectivity index (χ1) is 6.49. The third-order valence-electron chi connectivity index (χ3n) is 1.62. The lowest BCUT2D eigenvalue weighted by molar-refractivity contribution is 0.609. The fourth-order valence-corrected chi connectivity index (χ4v) is 2.21. The SMILES string of the molecule is N#Cc1ccc(S(=O)(=O)Cl)cc1CBr. The summed E-state index contributed by atoms with van der Waals surface area (Å²) < 4.78 is 21.9. The van der Waals surface area contributed by atoms with E-state index in [0.717, 1.165) is 0 Å². The van der Waals surface area contributed by atoms with Gasteiger partial charge in [0.1, 0.15) is 0 Å². The van der Waals surface area contributed by atoms with Gasteiger partial charge in [-0.1, -0.05) is 15.9 Å². The molecule has 0 radical (unpaired) electrons. The molecule has 0 atom stereocenters. The maximum Gasteiger partial charge on any atom is 0.261 e. The highest BCUT2D eigenvalue weighted by atomic mass is 79.9. The largest absolute Gasteiger partial charge is 0.261 e. The molecule has 3 nitrogen and oxygen atoms in total. The molecule has 1 aromatic carbocycles. The Kier molecular flexibility index (Phi) is 3.53. The fourth-order valence-electron chi connectivity index (χ4n) is 0.941. The van der Waals surface area contributed by atoms with Crippen LogP contribution in [0.3, 0.4) is 0 Å². The van der Waals surface area contributed by atoms with Crippen LogP contribution in [0.5, 0.6) is 0 Å². The van der Waals surface area contributed by atoms with E-state index in [1.54, 1.807) is 0 Å². The summed E-state index contributed by atoms with van der Waals surface area (Å²) in [5.41, 5.74) is 1.04. The van der Waals surface area contributed by atoms with E-state index in [0.29, 0.717) is 16.5 Å². The molecule has 0 unspecified atom stereocenters. The number of alkyl halides is 1. The van der Waals surface area contributed by atoms with Gasteiger partial charge in [0.05, 0.1) is 16.5 Å². The first kappa shape index (κ1) is 11.5. The van der Waals surface area contributed by atoms with Gasteiger partial charge in [-0.25, -0.2) is 8.42 Å². The third-order valence-corrected chi connectivity index (χ3v) is 3.58. The number of nitriles is 1. The van der Waals surface area contributed by atoms with E-state index < -0.39 is 9.05 Å². The number of hydrogen-bond donors (Lipinski definition) is 0. The molecule has 74 valence electrons. The van der Waals surface area contributed by atoms with Crippen LogP contribution in [0.1, 0.15) is 11.1 Å². The van der Waals surface area contributed by atoms with Crippen molar-refractivity contribution in [1.82, 2.24) is 0 Å². The Bertz CT molecular complexity index is 493. The second-order valence-electron chi connectivity index (χ2n) is 2.50. The molecule has 0 spiro atoms. The smallest absolute Gasteiger partial charge is 0.207 e. The van der Waals surface area contributed by atoms with E-state index >= 15 is 0 Å². The van der Waals surface area contributed by atoms with Gasteiger partial charge >= 0.3 is 0 Å². The van der Waals surface area contributed by atoms with Crippen molar-refractivity contribution in [3.05, 3.63) is 29.3 Å². The number of nitrogens with zero attached hydrogens (tertiary/aromatic N) is 1. The summed E-state index contributed by atoms with van der Waals surface area (Å²) in [6, 6.07) is 6.09. The molecular formula is C8H5BrClNO2S. The molecule has 0 aliphatic heterocycles. The lowest BCUT2D eigenvalue weighted by Gasteiger charge is -2.01. The topological polar surface area (TPSA) is 57.9 Å². The Morgan fingerprint density at radius 3 is 2.57 bits per heavy atom. The molecule has 1 aromatic rings. The van der Waals surface area contributed by atoms with Crippen LogP contribution in [0.2, 0.25) is 0 Å². The number of halogens is 2. The summed E-state index contributed by atoms with van der Waals surface area (Å²) in [7, 11) is 1.44. The minimum absolute atomic E-state index is 0.00705. The Hall–Kier alpha value is -0.570. The molecule has 14 heavy (non-hydrogen) atoms. The second-order valence-corrected chi connectivity index (χ2v) is 5.63. The van der Waals surface area contributed by atoms with Crippen molar-refractivity contribution < 1.29 is 8.42 Å². The minimum atomic E-state index is -3.72. The maximum absolute atomic E-state index is 11.0. The van der Waals surface area contributed by atoms with Gasteiger partial charge in [0.25, 0.3) is 9.05 Å². The summed E-state index contributed by atoms with van der Waals surface area (Å²) in [6.07, 6.45) is 0. The summed E-state index contributed by atoms with van der Waals surface area (Å²) in [5.74, 6) is 0. The molecule has 0 heterocycles. The average molecular weight is 295 g/mol. The highest BCUT2D eigenvalue weighted by molar-refractivity contribution is 9.08. The van der Waals surface area contributed by atoms with Crippen molar-refractivity contribution in [2.24, 2.45) is 0 Å². The predicted octanol–water partition coefficient (Wildman–Crippen LogP) is 2.38. The van der Waals surface area contributed by atoms with E-state index in [-0.39, 0.29) is 4.90 Å². The molecule has 0 aromatic heterocycles. The van der Waals surface area contributed by atoms with Crippen LogP contribution in [-0.4, -0.2) is 8.42 Å². The van der Waals surface area contributed by atoms with Crippen LogP contribution in [0.15, 0.2) is 23.1 Å². The van der Waals surface area contributed by atoms with Crippen molar-refractivity contribution in [2.45, 2.75) is 10.2 Å². The second kappa shape index (κ2) is 4.30. The van der Waals surface area contributed by atoms with Gasteiger partial charge in [0.15, 0.2) is 0 Å². The first-order valence-corrected chi connectivity index (χ1v) is 6.96. The quantitative estimate of drug-likeness (QED) is 0.621. The monoisotopic (exact) mass is 293 g/mol. The Labute approximate surface area is 94.9 Å². The Morgan fingerprint density at radius 2 is 2.14 bits per heavy atom. The Balaban J connectivity index is 3.37. The van der Waals surface area contributed by atoms with Crippen LogP contribution >= 0.6 is 26.6 Å². The normalized spacial score (nSPS) is 10.9. The molecule has 0 saturated heterocycles. The van der Waals surface area contributed by atoms with E-state index in [1.165, 1.54) is 18.2 Å². The number of benzene rings is 1. The van der Waals surface area contributed by atoms with Crippen LogP contribution in [-0.2, 0) is 14.4 Å². The molecular weight excluding hydrogens is 290 g/mol. The molecule has 0 fully saturated rings. The van der Waals surface area contributed by atoms with Crippen LogP contribution in [0.25, 0.3) is 0 Å². The van der Waals surface area contributed by atoms with Crippen LogP contribution in [0.4, 0.5) is 0 Å². The van der Waals surface area contributed by atoms with Crippen molar-refractivity contribution in [3.63, 3.8) is 0 Å². The number of hydrogen-bond acceptors (Lipinski definition) is 3. The molecule has 0 amide bonds. The summed E-state index contributed by atoms with van der Waals surface area (Å²) in [6.45, 7) is 0. The van der Waals surface area contributed by atoms with Gasteiger partial charge in [-0.2, -0.15) is 5.26 Å². The van der Waals surface area contributed by atoms with Gasteiger partial charge in [0, 0.05) is 16.0 Å². The highest BCUT2D eigenvalue weighted by Crippen LogP contribution is 2.20. The molecule has 0 aliphatic carbocycles. The average Bonchev–Trinajstić information content (AvgIpc) is 2.15. The van der Waals surface area contributed by atoms with E-state index in [2.05, 4.69) is 15.9 Å². The summed E-state index contributed by atoms with van der Waals surface area (Å²) >= 11 is 3.16. The lowest BCUT2D eigenvalue weighted by Crippen LogP contribution is -1.94. The van der Waals surface area contributed by atoms with Gasteiger partial charge in [-0.05, 0) is 23.8 Å². The van der Waals surface area contributed by atoms with Gasteiger partial charge in [-0.15, -0.1) is 0 Å².